The Bertz CT molecular complexity index is 801. The van der Waals surface area contributed by atoms with Gasteiger partial charge >= 0.3 is 0 Å². The Labute approximate surface area is 158 Å². The zero-order chi connectivity index (χ0) is 17.8. The van der Waals surface area contributed by atoms with Crippen LogP contribution in [0.5, 0.6) is 0 Å². The number of allylic oxidation sites excluding steroid dienone is 17. The highest BCUT2D eigenvalue weighted by atomic mass is 14.2. The monoisotopic (exact) mass is 340 g/mol. The van der Waals surface area contributed by atoms with Gasteiger partial charge < -0.3 is 0 Å². The van der Waals surface area contributed by atoms with Gasteiger partial charge in [0.25, 0.3) is 0 Å². The molecule has 4 aliphatic rings. The van der Waals surface area contributed by atoms with Gasteiger partial charge in [-0.15, -0.1) is 0 Å². The molecule has 0 nitrogen and oxygen atoms in total. The minimum atomic E-state index is 0.433. The van der Waals surface area contributed by atoms with Crippen molar-refractivity contribution >= 4 is 0 Å². The summed E-state index contributed by atoms with van der Waals surface area (Å²) in [6, 6.07) is 0. The highest BCUT2D eigenvalue weighted by Gasteiger charge is 2.20. The predicted molar refractivity (Wildman–Crippen MR) is 113 cm³/mol. The first-order valence-electron chi connectivity index (χ1n) is 9.97. The van der Waals surface area contributed by atoms with Crippen LogP contribution in [0.2, 0.25) is 0 Å². The lowest BCUT2D eigenvalue weighted by Crippen LogP contribution is -2.10. The fourth-order valence-electron chi connectivity index (χ4n) is 4.23. The van der Waals surface area contributed by atoms with E-state index >= 15 is 0 Å². The largest absolute Gasteiger partial charge is 0.0946 e. The maximum Gasteiger partial charge on any atom is 0.00558 e. The standard InChI is InChI=1S/C26H28/c1-20(21-12-16-25(17-13-21)23-8-4-2-5-9-23)22-14-18-26(19-15-22)24-10-6-3-7-11-24/h2,4-6,8,10-12,14-18,21,23,26H,1,3,7,9,13,19H2. The molecule has 0 aliphatic heterocycles. The Morgan fingerprint density at radius 1 is 0.731 bits per heavy atom. The third-order valence-corrected chi connectivity index (χ3v) is 5.91. The van der Waals surface area contributed by atoms with Gasteiger partial charge in [0.05, 0.1) is 0 Å². The summed E-state index contributed by atoms with van der Waals surface area (Å²) in [5.41, 5.74) is 5.53. The smallest absolute Gasteiger partial charge is 0.00558 e. The van der Waals surface area contributed by atoms with Crippen molar-refractivity contribution in [1.82, 2.24) is 0 Å². The van der Waals surface area contributed by atoms with Crippen LogP contribution in [0.4, 0.5) is 0 Å². The van der Waals surface area contributed by atoms with Gasteiger partial charge in [-0.05, 0) is 54.4 Å². The molecule has 0 heteroatoms. The molecule has 0 heterocycles. The molecule has 0 aromatic rings. The van der Waals surface area contributed by atoms with Gasteiger partial charge in [-0.2, -0.15) is 0 Å². The minimum absolute atomic E-state index is 0.433. The Kier molecular flexibility index (Phi) is 5.20. The Hall–Kier alpha value is -2.34. The van der Waals surface area contributed by atoms with Crippen molar-refractivity contribution < 1.29 is 0 Å². The summed E-state index contributed by atoms with van der Waals surface area (Å²) >= 11 is 0. The molecular formula is C26H28. The van der Waals surface area contributed by atoms with Crippen LogP contribution in [0.15, 0.2) is 108 Å². The molecule has 0 bridgehead atoms. The summed E-state index contributed by atoms with van der Waals surface area (Å²) in [5, 5.41) is 0. The number of rotatable bonds is 4. The summed E-state index contributed by atoms with van der Waals surface area (Å²) in [6.45, 7) is 4.42. The summed E-state index contributed by atoms with van der Waals surface area (Å²) in [7, 11) is 0. The molecule has 0 spiro atoms. The van der Waals surface area contributed by atoms with Gasteiger partial charge in [-0.1, -0.05) is 85.6 Å². The molecule has 0 N–H and O–H groups in total. The molecule has 4 rings (SSSR count). The summed E-state index contributed by atoms with van der Waals surface area (Å²) in [4.78, 5) is 0. The summed E-state index contributed by atoms with van der Waals surface area (Å²) in [6.07, 6.45) is 35.7. The highest BCUT2D eigenvalue weighted by Crippen LogP contribution is 2.35. The topological polar surface area (TPSA) is 0 Å². The Morgan fingerprint density at radius 2 is 1.62 bits per heavy atom. The van der Waals surface area contributed by atoms with Crippen molar-refractivity contribution in [3.8, 4) is 0 Å². The van der Waals surface area contributed by atoms with Crippen LogP contribution in [0.3, 0.4) is 0 Å². The highest BCUT2D eigenvalue weighted by molar-refractivity contribution is 5.47. The van der Waals surface area contributed by atoms with Gasteiger partial charge in [0.1, 0.15) is 0 Å². The van der Waals surface area contributed by atoms with Crippen molar-refractivity contribution in [3.63, 3.8) is 0 Å². The minimum Gasteiger partial charge on any atom is -0.0946 e. The zero-order valence-electron chi connectivity index (χ0n) is 15.5. The maximum atomic E-state index is 4.42. The van der Waals surface area contributed by atoms with Gasteiger partial charge in [0.15, 0.2) is 0 Å². The number of hydrogen-bond donors (Lipinski definition) is 0. The molecular weight excluding hydrogens is 312 g/mol. The van der Waals surface area contributed by atoms with Crippen LogP contribution in [-0.4, -0.2) is 0 Å². The lowest BCUT2D eigenvalue weighted by atomic mass is 9.80. The lowest BCUT2D eigenvalue weighted by Gasteiger charge is -2.25. The lowest BCUT2D eigenvalue weighted by molar-refractivity contribution is 0.718. The first kappa shape index (κ1) is 17.1. The van der Waals surface area contributed by atoms with Gasteiger partial charge in [-0.25, -0.2) is 0 Å². The van der Waals surface area contributed by atoms with E-state index in [0.717, 1.165) is 19.3 Å². The van der Waals surface area contributed by atoms with E-state index in [0.29, 0.717) is 17.8 Å². The van der Waals surface area contributed by atoms with E-state index in [2.05, 4.69) is 85.6 Å². The van der Waals surface area contributed by atoms with Crippen molar-refractivity contribution in [1.29, 1.82) is 0 Å². The van der Waals surface area contributed by atoms with Crippen LogP contribution in [0.1, 0.15) is 32.1 Å². The van der Waals surface area contributed by atoms with Crippen LogP contribution in [0.25, 0.3) is 0 Å². The summed E-state index contributed by atoms with van der Waals surface area (Å²) < 4.78 is 0. The first-order chi connectivity index (χ1) is 12.8. The van der Waals surface area contributed by atoms with E-state index in [1.165, 1.54) is 35.1 Å². The van der Waals surface area contributed by atoms with Crippen molar-refractivity contribution in [2.75, 3.05) is 0 Å². The molecule has 4 aliphatic carbocycles. The average molecular weight is 341 g/mol. The molecule has 3 atom stereocenters. The predicted octanol–water partition coefficient (Wildman–Crippen LogP) is 6.96. The van der Waals surface area contributed by atoms with Crippen LogP contribution in [0, 0.1) is 17.8 Å². The zero-order valence-corrected chi connectivity index (χ0v) is 15.5. The van der Waals surface area contributed by atoms with Crippen molar-refractivity contribution in [2.45, 2.75) is 32.1 Å². The van der Waals surface area contributed by atoms with Crippen LogP contribution < -0.4 is 0 Å². The van der Waals surface area contributed by atoms with Crippen molar-refractivity contribution in [3.05, 3.63) is 108 Å². The third-order valence-electron chi connectivity index (χ3n) is 5.91. The second-order valence-electron chi connectivity index (χ2n) is 7.63. The second-order valence-corrected chi connectivity index (χ2v) is 7.63. The van der Waals surface area contributed by atoms with E-state index in [1.807, 2.05) is 0 Å². The Balaban J connectivity index is 1.36. The van der Waals surface area contributed by atoms with E-state index in [1.54, 1.807) is 0 Å². The van der Waals surface area contributed by atoms with E-state index in [-0.39, 0.29) is 0 Å². The molecule has 0 fully saturated rings. The average Bonchev–Trinajstić information content (AvgIpc) is 2.75. The van der Waals surface area contributed by atoms with Gasteiger partial charge in [0.2, 0.25) is 0 Å². The van der Waals surface area contributed by atoms with Crippen molar-refractivity contribution in [2.24, 2.45) is 17.8 Å². The molecule has 0 amide bonds. The molecule has 0 aromatic carbocycles. The van der Waals surface area contributed by atoms with Gasteiger partial charge in [0, 0.05) is 17.8 Å². The molecule has 0 aromatic heterocycles. The quantitative estimate of drug-likeness (QED) is 0.519. The van der Waals surface area contributed by atoms with E-state index in [4.69, 9.17) is 0 Å². The molecule has 0 saturated heterocycles. The van der Waals surface area contributed by atoms with Crippen LogP contribution >= 0.6 is 0 Å². The molecule has 26 heavy (non-hydrogen) atoms. The summed E-state index contributed by atoms with van der Waals surface area (Å²) in [5.74, 6) is 1.53. The molecule has 132 valence electrons. The normalized spacial score (nSPS) is 30.0. The van der Waals surface area contributed by atoms with E-state index < -0.39 is 0 Å². The fourth-order valence-corrected chi connectivity index (χ4v) is 4.23. The third kappa shape index (κ3) is 3.75. The molecule has 3 unspecified atom stereocenters. The maximum absolute atomic E-state index is 4.42. The second kappa shape index (κ2) is 7.91. The number of hydrogen-bond acceptors (Lipinski definition) is 0. The first-order valence-corrected chi connectivity index (χ1v) is 9.97. The molecule has 0 radical (unpaired) electrons. The SMILES string of the molecule is C=C(C1=CCC(C2=CCCC=C2)C=C1)C1C=CC(C2C=CC=CC2)=CC1. The Morgan fingerprint density at radius 3 is 2.27 bits per heavy atom. The van der Waals surface area contributed by atoms with E-state index in [9.17, 15) is 0 Å². The van der Waals surface area contributed by atoms with Crippen LogP contribution in [-0.2, 0) is 0 Å². The fraction of sp³-hybridized carbons (Fsp3) is 0.308. The van der Waals surface area contributed by atoms with Gasteiger partial charge in [-0.3, -0.25) is 0 Å². The molecule has 0 saturated carbocycles.